The average molecular weight is 249 g/mol. The van der Waals surface area contributed by atoms with Crippen LogP contribution in [0.25, 0.3) is 0 Å². The molecule has 0 heterocycles. The molecule has 1 saturated carbocycles. The van der Waals surface area contributed by atoms with E-state index in [9.17, 15) is 4.79 Å². The van der Waals surface area contributed by atoms with Crippen LogP contribution in [-0.2, 0) is 4.79 Å². The number of hydrogen-bond acceptors (Lipinski definition) is 2. The van der Waals surface area contributed by atoms with Gasteiger partial charge in [-0.25, -0.2) is 0 Å². The van der Waals surface area contributed by atoms with Crippen molar-refractivity contribution < 1.29 is 4.79 Å². The Morgan fingerprint density at radius 3 is 2.71 bits per heavy atom. The molecule has 3 nitrogen and oxygen atoms in total. The van der Waals surface area contributed by atoms with Gasteiger partial charge in [0.2, 0.25) is 5.91 Å². The molecule has 0 bridgehead atoms. The third kappa shape index (κ3) is 2.78. The molecule has 0 radical (unpaired) electrons. The summed E-state index contributed by atoms with van der Waals surface area (Å²) in [6.45, 7) is 0. The lowest BCUT2D eigenvalue weighted by Crippen LogP contribution is -2.20. The lowest BCUT2D eigenvalue weighted by atomic mass is 10.1. The van der Waals surface area contributed by atoms with E-state index in [4.69, 9.17) is 16.9 Å². The van der Waals surface area contributed by atoms with E-state index in [-0.39, 0.29) is 11.8 Å². The molecule has 0 aliphatic heterocycles. The second-order valence-electron chi connectivity index (χ2n) is 4.28. The number of hydrogen-bond donors (Lipinski definition) is 1. The first-order valence-electron chi connectivity index (χ1n) is 5.71. The van der Waals surface area contributed by atoms with Crippen LogP contribution < -0.4 is 5.32 Å². The maximum Gasteiger partial charge on any atom is 0.227 e. The zero-order valence-electron chi connectivity index (χ0n) is 9.37. The van der Waals surface area contributed by atoms with Crippen molar-refractivity contribution in [3.8, 4) is 6.07 Å². The number of amides is 1. The Hall–Kier alpha value is -1.53. The first-order valence-corrected chi connectivity index (χ1v) is 6.09. The minimum absolute atomic E-state index is 0.0362. The molecule has 2 rings (SSSR count). The van der Waals surface area contributed by atoms with Gasteiger partial charge in [-0.05, 0) is 31.0 Å². The van der Waals surface area contributed by atoms with E-state index in [1.807, 2.05) is 6.07 Å². The van der Waals surface area contributed by atoms with E-state index in [1.165, 1.54) is 0 Å². The second kappa shape index (κ2) is 5.20. The summed E-state index contributed by atoms with van der Waals surface area (Å²) in [4.78, 5) is 11.9. The fraction of sp³-hybridized carbons (Fsp3) is 0.385. The van der Waals surface area contributed by atoms with Crippen LogP contribution in [0.2, 0.25) is 5.02 Å². The average Bonchev–Trinajstić information content (AvgIpc) is 2.85. The SMILES string of the molecule is N#Cc1ccc(NC(=O)C2CCCC2)c(Cl)c1. The molecule has 1 fully saturated rings. The van der Waals surface area contributed by atoms with Crippen LogP contribution in [0, 0.1) is 17.2 Å². The first kappa shape index (κ1) is 11.9. The molecule has 1 aliphatic rings. The van der Waals surface area contributed by atoms with Crippen molar-refractivity contribution in [1.82, 2.24) is 0 Å². The molecule has 0 unspecified atom stereocenters. The largest absolute Gasteiger partial charge is 0.325 e. The molecule has 1 aromatic rings. The van der Waals surface area contributed by atoms with Crippen molar-refractivity contribution in [3.63, 3.8) is 0 Å². The van der Waals surface area contributed by atoms with Gasteiger partial charge in [0, 0.05) is 5.92 Å². The third-order valence-corrected chi connectivity index (χ3v) is 3.39. The number of anilines is 1. The summed E-state index contributed by atoms with van der Waals surface area (Å²) in [6, 6.07) is 6.89. The molecular formula is C13H13ClN2O. The van der Waals surface area contributed by atoms with Gasteiger partial charge in [0.1, 0.15) is 0 Å². The van der Waals surface area contributed by atoms with E-state index in [2.05, 4.69) is 5.32 Å². The zero-order valence-corrected chi connectivity index (χ0v) is 10.1. The van der Waals surface area contributed by atoms with E-state index in [0.717, 1.165) is 25.7 Å². The molecule has 1 aliphatic carbocycles. The second-order valence-corrected chi connectivity index (χ2v) is 4.68. The van der Waals surface area contributed by atoms with Crippen molar-refractivity contribution in [2.75, 3.05) is 5.32 Å². The van der Waals surface area contributed by atoms with E-state index >= 15 is 0 Å². The molecule has 1 amide bonds. The molecule has 0 atom stereocenters. The summed E-state index contributed by atoms with van der Waals surface area (Å²) < 4.78 is 0. The van der Waals surface area contributed by atoms with Crippen LogP contribution in [0.15, 0.2) is 18.2 Å². The van der Waals surface area contributed by atoms with Crippen LogP contribution in [0.3, 0.4) is 0 Å². The Morgan fingerprint density at radius 2 is 2.12 bits per heavy atom. The lowest BCUT2D eigenvalue weighted by molar-refractivity contribution is -0.119. The van der Waals surface area contributed by atoms with Crippen molar-refractivity contribution in [3.05, 3.63) is 28.8 Å². The monoisotopic (exact) mass is 248 g/mol. The number of benzene rings is 1. The molecule has 88 valence electrons. The van der Waals surface area contributed by atoms with E-state index in [0.29, 0.717) is 16.3 Å². The molecule has 0 saturated heterocycles. The smallest absolute Gasteiger partial charge is 0.227 e. The molecule has 4 heteroatoms. The number of nitrogens with one attached hydrogen (secondary N) is 1. The topological polar surface area (TPSA) is 52.9 Å². The van der Waals surface area contributed by atoms with Crippen LogP contribution in [0.1, 0.15) is 31.2 Å². The van der Waals surface area contributed by atoms with Gasteiger partial charge in [-0.1, -0.05) is 24.4 Å². The van der Waals surface area contributed by atoms with Crippen molar-refractivity contribution >= 4 is 23.2 Å². The van der Waals surface area contributed by atoms with Crippen LogP contribution in [0.5, 0.6) is 0 Å². The summed E-state index contributed by atoms with van der Waals surface area (Å²) >= 11 is 5.99. The third-order valence-electron chi connectivity index (χ3n) is 3.08. The van der Waals surface area contributed by atoms with Gasteiger partial charge in [0.25, 0.3) is 0 Å². The van der Waals surface area contributed by atoms with E-state index < -0.39 is 0 Å². The van der Waals surface area contributed by atoms with Gasteiger partial charge >= 0.3 is 0 Å². The van der Waals surface area contributed by atoms with Crippen LogP contribution in [-0.4, -0.2) is 5.91 Å². The number of carbonyl (C=O) groups is 1. The minimum atomic E-state index is 0.0362. The zero-order chi connectivity index (χ0) is 12.3. The summed E-state index contributed by atoms with van der Waals surface area (Å²) in [5.74, 6) is 0.149. The Labute approximate surface area is 105 Å². The highest BCUT2D eigenvalue weighted by atomic mass is 35.5. The maximum absolute atomic E-state index is 11.9. The van der Waals surface area contributed by atoms with E-state index in [1.54, 1.807) is 18.2 Å². The lowest BCUT2D eigenvalue weighted by Gasteiger charge is -2.11. The number of carbonyl (C=O) groups excluding carboxylic acids is 1. The molecule has 1 N–H and O–H groups in total. The number of rotatable bonds is 2. The molecule has 17 heavy (non-hydrogen) atoms. The number of nitriles is 1. The minimum Gasteiger partial charge on any atom is -0.325 e. The number of nitrogens with zero attached hydrogens (tertiary/aromatic N) is 1. The molecule has 0 aromatic heterocycles. The Kier molecular flexibility index (Phi) is 3.65. The normalized spacial score (nSPS) is 15.5. The Morgan fingerprint density at radius 1 is 1.41 bits per heavy atom. The van der Waals surface area contributed by atoms with Gasteiger partial charge < -0.3 is 5.32 Å². The predicted molar refractivity (Wildman–Crippen MR) is 66.8 cm³/mol. The van der Waals surface area contributed by atoms with Gasteiger partial charge in [-0.3, -0.25) is 4.79 Å². The molecule has 1 aromatic carbocycles. The first-order chi connectivity index (χ1) is 8.20. The van der Waals surface area contributed by atoms with Gasteiger partial charge in [-0.15, -0.1) is 0 Å². The van der Waals surface area contributed by atoms with Gasteiger partial charge in [0.15, 0.2) is 0 Å². The fourth-order valence-corrected chi connectivity index (χ4v) is 2.34. The maximum atomic E-state index is 11.9. The quantitative estimate of drug-likeness (QED) is 0.873. The van der Waals surface area contributed by atoms with Crippen LogP contribution >= 0.6 is 11.6 Å². The Bertz CT molecular complexity index is 473. The standard InChI is InChI=1S/C13H13ClN2O/c14-11-7-9(8-15)5-6-12(11)16-13(17)10-3-1-2-4-10/h5-7,10H,1-4H2,(H,16,17). The van der Waals surface area contributed by atoms with Crippen molar-refractivity contribution in [1.29, 1.82) is 5.26 Å². The summed E-state index contributed by atoms with van der Waals surface area (Å²) in [5.41, 5.74) is 1.08. The number of halogens is 1. The molecule has 0 spiro atoms. The summed E-state index contributed by atoms with van der Waals surface area (Å²) in [5, 5.41) is 11.9. The highest BCUT2D eigenvalue weighted by Gasteiger charge is 2.23. The highest BCUT2D eigenvalue weighted by molar-refractivity contribution is 6.33. The van der Waals surface area contributed by atoms with Crippen LogP contribution in [0.4, 0.5) is 5.69 Å². The van der Waals surface area contributed by atoms with Gasteiger partial charge in [0.05, 0.1) is 22.3 Å². The summed E-state index contributed by atoms with van der Waals surface area (Å²) in [6.07, 6.45) is 4.16. The van der Waals surface area contributed by atoms with Gasteiger partial charge in [-0.2, -0.15) is 5.26 Å². The van der Waals surface area contributed by atoms with Crippen molar-refractivity contribution in [2.45, 2.75) is 25.7 Å². The molecular weight excluding hydrogens is 236 g/mol. The van der Waals surface area contributed by atoms with Crippen molar-refractivity contribution in [2.24, 2.45) is 5.92 Å². The summed E-state index contributed by atoms with van der Waals surface area (Å²) in [7, 11) is 0. The predicted octanol–water partition coefficient (Wildman–Crippen LogP) is 3.34. The fourth-order valence-electron chi connectivity index (χ4n) is 2.11. The highest BCUT2D eigenvalue weighted by Crippen LogP contribution is 2.28. The Balaban J connectivity index is 2.08.